The van der Waals surface area contributed by atoms with Gasteiger partial charge in [-0.15, -0.1) is 0 Å². The van der Waals surface area contributed by atoms with Crippen LogP contribution in [-0.2, 0) is 9.53 Å². The van der Waals surface area contributed by atoms with Crippen molar-refractivity contribution in [3.8, 4) is 0 Å². The van der Waals surface area contributed by atoms with Gasteiger partial charge in [0.05, 0.1) is 6.61 Å². The van der Waals surface area contributed by atoms with Crippen molar-refractivity contribution in [3.05, 3.63) is 0 Å². The second-order valence-corrected chi connectivity index (χ2v) is 9.52. The third kappa shape index (κ3) is 5.84. The zero-order chi connectivity index (χ0) is 23.6. The lowest BCUT2D eigenvalue weighted by molar-refractivity contribution is -0.152. The summed E-state index contributed by atoms with van der Waals surface area (Å²) < 4.78 is 32.9. The second kappa shape index (κ2) is 9.95. The number of nitrogens with zero attached hydrogens (tertiary/aromatic N) is 3. The number of carbonyl (C=O) groups is 2. The molecule has 2 N–H and O–H groups in total. The van der Waals surface area contributed by atoms with E-state index >= 15 is 0 Å². The van der Waals surface area contributed by atoms with Gasteiger partial charge in [-0.1, -0.05) is 13.8 Å². The molecular formula is C21H37F2N3O5. The number of ether oxygens (including phenoxy) is 1. The number of likely N-dealkylation sites (tertiary alicyclic amines) is 1. The Balaban J connectivity index is 2.34. The van der Waals surface area contributed by atoms with Gasteiger partial charge in [0.15, 0.2) is 0 Å². The van der Waals surface area contributed by atoms with Crippen molar-refractivity contribution in [2.45, 2.75) is 83.2 Å². The summed E-state index contributed by atoms with van der Waals surface area (Å²) in [5.74, 6) is -3.83. The molecule has 2 amide bonds. The highest BCUT2D eigenvalue weighted by Gasteiger charge is 2.49. The van der Waals surface area contributed by atoms with Gasteiger partial charge in [-0.2, -0.15) is 0 Å². The fourth-order valence-electron chi connectivity index (χ4n) is 4.70. The number of alkyl halides is 2. The number of hydrogen-bond donors (Lipinski definition) is 2. The first-order valence-corrected chi connectivity index (χ1v) is 10.9. The van der Waals surface area contributed by atoms with Gasteiger partial charge in [-0.3, -0.25) is 4.90 Å². The Hall–Kier alpha value is -1.52. The molecule has 0 aromatic carbocycles. The Morgan fingerprint density at radius 3 is 2.32 bits per heavy atom. The summed E-state index contributed by atoms with van der Waals surface area (Å²) in [5, 5.41) is 21.0. The first kappa shape index (κ1) is 25.7. The van der Waals surface area contributed by atoms with Crippen LogP contribution in [0.15, 0.2) is 0 Å². The molecule has 1 unspecified atom stereocenters. The monoisotopic (exact) mass is 449 g/mol. The average molecular weight is 450 g/mol. The topological polar surface area (TPSA) is 93.6 Å². The van der Waals surface area contributed by atoms with E-state index in [9.17, 15) is 28.6 Å². The molecule has 2 rings (SSSR count). The molecule has 1 saturated carbocycles. The molecule has 2 fully saturated rings. The second-order valence-electron chi connectivity index (χ2n) is 9.52. The number of rotatable bonds is 8. The van der Waals surface area contributed by atoms with Gasteiger partial charge >= 0.3 is 12.0 Å². The van der Waals surface area contributed by atoms with E-state index in [1.165, 1.54) is 16.9 Å². The van der Waals surface area contributed by atoms with Crippen molar-refractivity contribution in [1.82, 2.24) is 14.7 Å². The molecule has 0 bridgehead atoms. The SMILES string of the molecule is CCN(C)C(=O)N1C[C@@H](N(C2CCC(F)(F)CC2)C(O)C(C)(C)COC)C[C@H]1C(=O)O. The molecule has 31 heavy (non-hydrogen) atoms. The van der Waals surface area contributed by atoms with Gasteiger partial charge in [0.1, 0.15) is 12.3 Å². The third-order valence-corrected chi connectivity index (χ3v) is 6.64. The molecule has 1 heterocycles. The molecule has 0 spiro atoms. The van der Waals surface area contributed by atoms with E-state index in [2.05, 4.69) is 0 Å². The quantitative estimate of drug-likeness (QED) is 0.553. The van der Waals surface area contributed by atoms with E-state index in [0.717, 1.165) is 0 Å². The van der Waals surface area contributed by atoms with E-state index in [4.69, 9.17) is 4.74 Å². The largest absolute Gasteiger partial charge is 0.480 e. The molecule has 0 aromatic rings. The predicted octanol–water partition coefficient (Wildman–Crippen LogP) is 2.46. The van der Waals surface area contributed by atoms with E-state index in [0.29, 0.717) is 6.54 Å². The van der Waals surface area contributed by atoms with Gasteiger partial charge in [-0.25, -0.2) is 18.4 Å². The molecule has 0 radical (unpaired) electrons. The molecule has 8 nitrogen and oxygen atoms in total. The first-order valence-electron chi connectivity index (χ1n) is 10.9. The Bertz CT molecular complexity index is 639. The molecule has 3 atom stereocenters. The van der Waals surface area contributed by atoms with Gasteiger partial charge in [-0.05, 0) is 26.2 Å². The summed E-state index contributed by atoms with van der Waals surface area (Å²) in [4.78, 5) is 29.2. The summed E-state index contributed by atoms with van der Waals surface area (Å²) in [7, 11) is 3.13. The lowest BCUT2D eigenvalue weighted by atomic mass is 9.85. The molecule has 180 valence electrons. The fraction of sp³-hybridized carbons (Fsp3) is 0.905. The van der Waals surface area contributed by atoms with Crippen molar-refractivity contribution in [1.29, 1.82) is 0 Å². The minimum absolute atomic E-state index is 0.118. The summed E-state index contributed by atoms with van der Waals surface area (Å²) in [6, 6.07) is -2.21. The number of carboxylic acids is 1. The number of aliphatic carboxylic acids is 1. The van der Waals surface area contributed by atoms with Crippen molar-refractivity contribution >= 4 is 12.0 Å². The number of aliphatic hydroxyl groups excluding tert-OH is 1. The highest BCUT2D eigenvalue weighted by molar-refractivity contribution is 5.83. The lowest BCUT2D eigenvalue weighted by Gasteiger charge is -2.47. The van der Waals surface area contributed by atoms with Crippen LogP contribution in [0.5, 0.6) is 0 Å². The number of urea groups is 1. The number of carboxylic acid groups (broad SMARTS) is 1. The number of methoxy groups -OCH3 is 1. The van der Waals surface area contributed by atoms with Gasteiger partial charge in [0, 0.05) is 57.6 Å². The normalized spacial score (nSPS) is 25.6. The zero-order valence-corrected chi connectivity index (χ0v) is 19.2. The average Bonchev–Trinajstić information content (AvgIpc) is 3.13. The molecular weight excluding hydrogens is 412 g/mol. The van der Waals surface area contributed by atoms with Crippen LogP contribution in [0.1, 0.15) is 52.9 Å². The highest BCUT2D eigenvalue weighted by atomic mass is 19.3. The third-order valence-electron chi connectivity index (χ3n) is 6.64. The van der Waals surface area contributed by atoms with Crippen molar-refractivity contribution < 1.29 is 33.3 Å². The zero-order valence-electron chi connectivity index (χ0n) is 19.2. The van der Waals surface area contributed by atoms with Crippen LogP contribution in [0.2, 0.25) is 0 Å². The van der Waals surface area contributed by atoms with Gasteiger partial charge in [0.25, 0.3) is 0 Å². The number of amides is 2. The molecule has 2 aliphatic rings. The lowest BCUT2D eigenvalue weighted by Crippen LogP contribution is -2.58. The number of halogens is 2. The Kier molecular flexibility index (Phi) is 8.27. The molecule has 10 heteroatoms. The van der Waals surface area contributed by atoms with E-state index in [-0.39, 0.29) is 51.3 Å². The number of hydrogen-bond acceptors (Lipinski definition) is 5. The summed E-state index contributed by atoms with van der Waals surface area (Å²) in [5.41, 5.74) is -0.717. The summed E-state index contributed by atoms with van der Waals surface area (Å²) in [6.07, 6.45) is -1.06. The van der Waals surface area contributed by atoms with E-state index in [1.54, 1.807) is 18.9 Å². The number of carbonyl (C=O) groups excluding carboxylic acids is 1. The maximum absolute atomic E-state index is 13.8. The van der Waals surface area contributed by atoms with Crippen molar-refractivity contribution in [3.63, 3.8) is 0 Å². The van der Waals surface area contributed by atoms with Crippen molar-refractivity contribution in [2.75, 3.05) is 33.9 Å². The molecule has 1 saturated heterocycles. The Morgan fingerprint density at radius 2 is 1.84 bits per heavy atom. The summed E-state index contributed by atoms with van der Waals surface area (Å²) in [6.45, 7) is 6.23. The van der Waals surface area contributed by atoms with Crippen LogP contribution in [0.3, 0.4) is 0 Å². The van der Waals surface area contributed by atoms with Crippen LogP contribution in [-0.4, -0.2) is 101 Å². The minimum Gasteiger partial charge on any atom is -0.480 e. The van der Waals surface area contributed by atoms with Crippen LogP contribution in [0, 0.1) is 5.41 Å². The standard InChI is InChI=1S/C21H37F2N3O5/c1-6-24(4)19(30)25-12-15(11-16(25)17(27)28)26(18(29)20(2,3)13-31-5)14-7-9-21(22,23)10-8-14/h14-16,18,29H,6-13H2,1-5H3,(H,27,28)/t15-,16-,18?/m0/s1. The molecule has 1 aliphatic carbocycles. The maximum atomic E-state index is 13.8. The first-order chi connectivity index (χ1) is 14.3. The Labute approximate surface area is 183 Å². The molecule has 0 aromatic heterocycles. The summed E-state index contributed by atoms with van der Waals surface area (Å²) >= 11 is 0. The van der Waals surface area contributed by atoms with Crippen LogP contribution < -0.4 is 0 Å². The van der Waals surface area contributed by atoms with Crippen molar-refractivity contribution in [2.24, 2.45) is 5.41 Å². The predicted molar refractivity (Wildman–Crippen MR) is 111 cm³/mol. The van der Waals surface area contributed by atoms with Gasteiger partial charge in [0.2, 0.25) is 5.92 Å². The number of aliphatic hydroxyl groups is 1. The van der Waals surface area contributed by atoms with E-state index in [1.807, 2.05) is 13.8 Å². The van der Waals surface area contributed by atoms with Crippen LogP contribution in [0.4, 0.5) is 13.6 Å². The van der Waals surface area contributed by atoms with Crippen LogP contribution >= 0.6 is 0 Å². The molecule has 1 aliphatic heterocycles. The highest BCUT2D eigenvalue weighted by Crippen LogP contribution is 2.40. The van der Waals surface area contributed by atoms with Gasteiger partial charge < -0.3 is 24.7 Å². The fourth-order valence-corrected chi connectivity index (χ4v) is 4.70. The minimum atomic E-state index is -2.72. The maximum Gasteiger partial charge on any atom is 0.326 e. The van der Waals surface area contributed by atoms with Crippen LogP contribution in [0.25, 0.3) is 0 Å². The smallest absolute Gasteiger partial charge is 0.326 e. The Morgan fingerprint density at radius 1 is 1.26 bits per heavy atom. The van der Waals surface area contributed by atoms with E-state index < -0.39 is 41.6 Å².